The Labute approximate surface area is 95.6 Å². The van der Waals surface area contributed by atoms with Crippen LogP contribution in [0.4, 0.5) is 4.39 Å². The van der Waals surface area contributed by atoms with E-state index in [1.54, 1.807) is 0 Å². The molecule has 0 aliphatic rings. The van der Waals surface area contributed by atoms with Crippen LogP contribution < -0.4 is 0 Å². The summed E-state index contributed by atoms with van der Waals surface area (Å²) in [4.78, 5) is 10.6. The van der Waals surface area contributed by atoms with Crippen molar-refractivity contribution >= 4 is 55.4 Å². The Morgan fingerprint density at radius 1 is 1.58 bits per heavy atom. The third kappa shape index (κ3) is 2.17. The number of benzene rings is 1. The molecule has 0 N–H and O–H groups in total. The predicted octanol–water partition coefficient (Wildman–Crippen LogP) is 3.57. The first-order valence-corrected chi connectivity index (χ1v) is 5.11. The maximum Gasteiger partial charge on any atom is 0.255 e. The minimum absolute atomic E-state index is 0.0933. The summed E-state index contributed by atoms with van der Waals surface area (Å²) in [6.45, 7) is 0. The van der Waals surface area contributed by atoms with Crippen molar-refractivity contribution in [3.63, 3.8) is 0 Å². The van der Waals surface area contributed by atoms with Crippen LogP contribution in [0, 0.1) is 9.39 Å². The second-order valence-electron chi connectivity index (χ2n) is 2.02. The standard InChI is InChI=1S/C7H2BrClFIO/c8-4-2-5(10)3(7(9)12)1-6(4)11/h1-2H. The van der Waals surface area contributed by atoms with Gasteiger partial charge in [-0.05, 0) is 62.3 Å². The molecular formula is C7H2BrClFIO. The SMILES string of the molecule is O=C(Cl)c1cc(I)c(Br)cc1F. The number of carbonyl (C=O) groups excluding carboxylic acids is 1. The topological polar surface area (TPSA) is 17.1 Å². The zero-order valence-electron chi connectivity index (χ0n) is 5.57. The van der Waals surface area contributed by atoms with Gasteiger partial charge in [0.1, 0.15) is 5.82 Å². The van der Waals surface area contributed by atoms with E-state index in [1.165, 1.54) is 12.1 Å². The van der Waals surface area contributed by atoms with Gasteiger partial charge >= 0.3 is 0 Å². The van der Waals surface area contributed by atoms with Crippen LogP contribution in [0.1, 0.15) is 10.4 Å². The molecule has 0 aliphatic carbocycles. The molecule has 0 atom stereocenters. The monoisotopic (exact) mass is 362 g/mol. The molecule has 0 spiro atoms. The van der Waals surface area contributed by atoms with Crippen molar-refractivity contribution in [2.24, 2.45) is 0 Å². The maximum atomic E-state index is 12.9. The first-order valence-electron chi connectivity index (χ1n) is 2.86. The number of halogens is 4. The highest BCUT2D eigenvalue weighted by atomic mass is 127. The van der Waals surface area contributed by atoms with Gasteiger partial charge in [-0.1, -0.05) is 0 Å². The molecule has 1 nitrogen and oxygen atoms in total. The number of hydrogen-bond acceptors (Lipinski definition) is 1. The Kier molecular flexibility index (Phi) is 3.48. The van der Waals surface area contributed by atoms with E-state index in [0.29, 0.717) is 4.47 Å². The molecule has 1 aromatic carbocycles. The highest BCUT2D eigenvalue weighted by Crippen LogP contribution is 2.23. The molecule has 0 aliphatic heterocycles. The van der Waals surface area contributed by atoms with Crippen LogP contribution in [-0.4, -0.2) is 5.24 Å². The van der Waals surface area contributed by atoms with Gasteiger partial charge in [-0.25, -0.2) is 4.39 Å². The first-order chi connectivity index (χ1) is 5.52. The van der Waals surface area contributed by atoms with Crippen LogP contribution in [0.3, 0.4) is 0 Å². The second-order valence-corrected chi connectivity index (χ2v) is 4.38. The summed E-state index contributed by atoms with van der Waals surface area (Å²) in [6, 6.07) is 2.62. The average molecular weight is 363 g/mol. The van der Waals surface area contributed by atoms with E-state index in [-0.39, 0.29) is 5.56 Å². The van der Waals surface area contributed by atoms with E-state index in [0.717, 1.165) is 3.57 Å². The molecule has 0 saturated heterocycles. The molecule has 0 saturated carbocycles. The summed E-state index contributed by atoms with van der Waals surface area (Å²) in [5, 5.41) is -0.780. The minimum atomic E-state index is -0.780. The zero-order chi connectivity index (χ0) is 9.30. The van der Waals surface area contributed by atoms with Crippen molar-refractivity contribution in [1.29, 1.82) is 0 Å². The zero-order valence-corrected chi connectivity index (χ0v) is 10.1. The van der Waals surface area contributed by atoms with Gasteiger partial charge in [0.05, 0.1) is 5.56 Å². The van der Waals surface area contributed by atoms with Gasteiger partial charge in [-0.2, -0.15) is 0 Å². The lowest BCUT2D eigenvalue weighted by Gasteiger charge is -1.99. The normalized spacial score (nSPS) is 10.0. The number of hydrogen-bond donors (Lipinski definition) is 0. The molecule has 0 amide bonds. The van der Waals surface area contributed by atoms with Crippen LogP contribution in [0.5, 0.6) is 0 Å². The molecule has 1 rings (SSSR count). The molecule has 0 fully saturated rings. The van der Waals surface area contributed by atoms with Crippen LogP contribution in [0.2, 0.25) is 0 Å². The van der Waals surface area contributed by atoms with Crippen LogP contribution in [0.25, 0.3) is 0 Å². The predicted molar refractivity (Wildman–Crippen MR) is 57.0 cm³/mol. The van der Waals surface area contributed by atoms with E-state index in [2.05, 4.69) is 15.9 Å². The van der Waals surface area contributed by atoms with E-state index < -0.39 is 11.1 Å². The van der Waals surface area contributed by atoms with Crippen molar-refractivity contribution in [3.05, 3.63) is 31.6 Å². The average Bonchev–Trinajstić information content (AvgIpc) is 1.96. The van der Waals surface area contributed by atoms with Crippen LogP contribution in [0.15, 0.2) is 16.6 Å². The fourth-order valence-electron chi connectivity index (χ4n) is 0.673. The molecule has 0 bridgehead atoms. The summed E-state index contributed by atoms with van der Waals surface area (Å²) >= 11 is 10.2. The Bertz CT molecular complexity index is 342. The van der Waals surface area contributed by atoms with Gasteiger partial charge < -0.3 is 0 Å². The summed E-state index contributed by atoms with van der Waals surface area (Å²) in [7, 11) is 0. The van der Waals surface area contributed by atoms with Gasteiger partial charge in [-0.3, -0.25) is 4.79 Å². The summed E-state index contributed by atoms with van der Waals surface area (Å²) in [6.07, 6.45) is 0. The number of carbonyl (C=O) groups is 1. The van der Waals surface area contributed by atoms with Crippen molar-refractivity contribution in [2.75, 3.05) is 0 Å². The fourth-order valence-corrected chi connectivity index (χ4v) is 1.60. The lowest BCUT2D eigenvalue weighted by Crippen LogP contribution is -1.95. The highest BCUT2D eigenvalue weighted by Gasteiger charge is 2.11. The fraction of sp³-hybridized carbons (Fsp3) is 0. The van der Waals surface area contributed by atoms with Crippen molar-refractivity contribution in [3.8, 4) is 0 Å². The van der Waals surface area contributed by atoms with E-state index in [4.69, 9.17) is 11.6 Å². The molecule has 0 heterocycles. The van der Waals surface area contributed by atoms with Crippen LogP contribution in [-0.2, 0) is 0 Å². The molecule has 0 unspecified atom stereocenters. The summed E-state index contributed by atoms with van der Waals surface area (Å²) in [5.74, 6) is -0.609. The summed E-state index contributed by atoms with van der Waals surface area (Å²) in [5.41, 5.74) is -0.0933. The van der Waals surface area contributed by atoms with E-state index in [9.17, 15) is 9.18 Å². The third-order valence-electron chi connectivity index (χ3n) is 1.22. The van der Waals surface area contributed by atoms with Crippen molar-refractivity contribution in [1.82, 2.24) is 0 Å². The maximum absolute atomic E-state index is 12.9. The minimum Gasteiger partial charge on any atom is -0.275 e. The first kappa shape index (κ1) is 10.4. The van der Waals surface area contributed by atoms with Gasteiger partial charge in [-0.15, -0.1) is 0 Å². The van der Waals surface area contributed by atoms with E-state index >= 15 is 0 Å². The Morgan fingerprint density at radius 3 is 2.67 bits per heavy atom. The smallest absolute Gasteiger partial charge is 0.255 e. The second kappa shape index (κ2) is 4.02. The van der Waals surface area contributed by atoms with Gasteiger partial charge in [0.25, 0.3) is 5.24 Å². The Hall–Kier alpha value is 0.320. The molecule has 0 radical (unpaired) electrons. The third-order valence-corrected chi connectivity index (χ3v) is 3.72. The highest BCUT2D eigenvalue weighted by molar-refractivity contribution is 14.1. The van der Waals surface area contributed by atoms with Crippen molar-refractivity contribution < 1.29 is 9.18 Å². The lowest BCUT2D eigenvalue weighted by molar-refractivity contribution is 0.107. The van der Waals surface area contributed by atoms with E-state index in [1.807, 2.05) is 22.6 Å². The Balaban J connectivity index is 3.33. The van der Waals surface area contributed by atoms with Crippen molar-refractivity contribution in [2.45, 2.75) is 0 Å². The summed E-state index contributed by atoms with van der Waals surface area (Å²) < 4.78 is 14.3. The molecule has 1 aromatic rings. The molecule has 5 heteroatoms. The van der Waals surface area contributed by atoms with Gasteiger partial charge in [0.2, 0.25) is 0 Å². The van der Waals surface area contributed by atoms with Gasteiger partial charge in [0.15, 0.2) is 0 Å². The Morgan fingerprint density at radius 2 is 2.17 bits per heavy atom. The lowest BCUT2D eigenvalue weighted by atomic mass is 10.2. The largest absolute Gasteiger partial charge is 0.275 e. The molecule has 0 aromatic heterocycles. The van der Waals surface area contributed by atoms with Gasteiger partial charge in [0, 0.05) is 8.04 Å². The molecule has 64 valence electrons. The number of rotatable bonds is 1. The molecule has 12 heavy (non-hydrogen) atoms. The van der Waals surface area contributed by atoms with Crippen LogP contribution >= 0.6 is 50.1 Å². The quantitative estimate of drug-likeness (QED) is 0.424. The molecular weight excluding hydrogens is 361 g/mol.